The first-order valence-electron chi connectivity index (χ1n) is 5.35. The normalized spacial score (nSPS) is 17.3. The number of halogens is 3. The van der Waals surface area contributed by atoms with Gasteiger partial charge in [-0.3, -0.25) is 0 Å². The molecule has 0 bridgehead atoms. The zero-order valence-electron chi connectivity index (χ0n) is 9.50. The maximum atomic E-state index is 12.6. The molecule has 0 spiro atoms. The first-order valence-corrected chi connectivity index (χ1v) is 5.35. The number of anilines is 1. The highest BCUT2D eigenvalue weighted by Gasteiger charge is 2.64. The van der Waals surface area contributed by atoms with Crippen molar-refractivity contribution in [1.82, 2.24) is 4.98 Å². The van der Waals surface area contributed by atoms with Gasteiger partial charge in [-0.15, -0.1) is 0 Å². The van der Waals surface area contributed by atoms with Crippen LogP contribution in [0, 0.1) is 0 Å². The number of ether oxygens (including phenoxy) is 1. The fraction of sp³-hybridized carbons (Fsp3) is 0.600. The van der Waals surface area contributed by atoms with E-state index in [1.54, 1.807) is 6.92 Å². The molecule has 0 amide bonds. The molecule has 0 unspecified atom stereocenters. The van der Waals surface area contributed by atoms with E-state index in [0.717, 1.165) is 6.26 Å². The molecular weight excluding hydrogens is 253 g/mol. The second-order valence-corrected chi connectivity index (χ2v) is 3.96. The summed E-state index contributed by atoms with van der Waals surface area (Å²) < 4.78 is 47.4. The number of carbonyl (C=O) groups excluding carboxylic acids is 1. The van der Waals surface area contributed by atoms with Gasteiger partial charge in [0.1, 0.15) is 11.8 Å². The number of esters is 1. The molecule has 2 rings (SSSR count). The first kappa shape index (κ1) is 12.7. The summed E-state index contributed by atoms with van der Waals surface area (Å²) in [7, 11) is 0. The van der Waals surface area contributed by atoms with E-state index in [1.165, 1.54) is 0 Å². The third-order valence-electron chi connectivity index (χ3n) is 2.63. The van der Waals surface area contributed by atoms with Crippen molar-refractivity contribution in [3.05, 3.63) is 12.0 Å². The maximum absolute atomic E-state index is 12.6. The summed E-state index contributed by atoms with van der Waals surface area (Å²) in [5, 5.41) is 2.18. The Morgan fingerprint density at radius 3 is 2.78 bits per heavy atom. The summed E-state index contributed by atoms with van der Waals surface area (Å²) in [6.07, 6.45) is -3.47. The van der Waals surface area contributed by atoms with Crippen molar-refractivity contribution in [2.24, 2.45) is 0 Å². The van der Waals surface area contributed by atoms with Gasteiger partial charge in [-0.05, 0) is 19.8 Å². The van der Waals surface area contributed by atoms with E-state index in [1.807, 2.05) is 0 Å². The maximum Gasteiger partial charge on any atom is 0.411 e. The molecule has 0 atom stereocenters. The topological polar surface area (TPSA) is 64.4 Å². The molecule has 1 aromatic heterocycles. The van der Waals surface area contributed by atoms with Gasteiger partial charge in [0.05, 0.1) is 6.61 Å². The van der Waals surface area contributed by atoms with Crippen LogP contribution in [0.25, 0.3) is 0 Å². The second kappa shape index (κ2) is 4.18. The Balaban J connectivity index is 2.06. The van der Waals surface area contributed by atoms with E-state index in [9.17, 15) is 18.0 Å². The Labute approximate surface area is 100 Å². The molecule has 1 aliphatic rings. The molecular formula is C10H11F3N2O3. The van der Waals surface area contributed by atoms with E-state index >= 15 is 0 Å². The Hall–Kier alpha value is -1.73. The molecule has 100 valence electrons. The van der Waals surface area contributed by atoms with Gasteiger partial charge in [-0.1, -0.05) is 0 Å². The summed E-state index contributed by atoms with van der Waals surface area (Å²) in [5.41, 5.74) is -2.12. The predicted molar refractivity (Wildman–Crippen MR) is 54.1 cm³/mol. The lowest BCUT2D eigenvalue weighted by atomic mass is 10.3. The van der Waals surface area contributed by atoms with Gasteiger partial charge in [0.2, 0.25) is 0 Å². The number of hydrogen-bond donors (Lipinski definition) is 1. The lowest BCUT2D eigenvalue weighted by Crippen LogP contribution is -2.38. The van der Waals surface area contributed by atoms with Crippen molar-refractivity contribution in [3.8, 4) is 0 Å². The van der Waals surface area contributed by atoms with E-state index in [2.05, 4.69) is 15.0 Å². The van der Waals surface area contributed by atoms with Crippen LogP contribution < -0.4 is 5.32 Å². The van der Waals surface area contributed by atoms with Crippen LogP contribution in [0.3, 0.4) is 0 Å². The van der Waals surface area contributed by atoms with Gasteiger partial charge in [0, 0.05) is 0 Å². The zero-order chi connectivity index (χ0) is 13.4. The number of alkyl halides is 3. The van der Waals surface area contributed by atoms with Crippen LogP contribution in [0.15, 0.2) is 10.7 Å². The Bertz CT molecular complexity index is 451. The van der Waals surface area contributed by atoms with Gasteiger partial charge in [-0.25, -0.2) is 4.79 Å². The molecule has 0 saturated heterocycles. The third-order valence-corrected chi connectivity index (χ3v) is 2.63. The van der Waals surface area contributed by atoms with Crippen LogP contribution in [0.1, 0.15) is 30.3 Å². The van der Waals surface area contributed by atoms with E-state index in [-0.39, 0.29) is 31.2 Å². The molecule has 1 N–H and O–H groups in total. The minimum atomic E-state index is -4.37. The van der Waals surface area contributed by atoms with E-state index in [0.29, 0.717) is 0 Å². The molecule has 0 aliphatic heterocycles. The number of aromatic nitrogens is 1. The fourth-order valence-corrected chi connectivity index (χ4v) is 1.44. The van der Waals surface area contributed by atoms with Crippen LogP contribution in [0.4, 0.5) is 19.2 Å². The monoisotopic (exact) mass is 264 g/mol. The minimum Gasteiger partial charge on any atom is -0.461 e. The van der Waals surface area contributed by atoms with Gasteiger partial charge >= 0.3 is 12.1 Å². The highest BCUT2D eigenvalue weighted by molar-refractivity contribution is 5.87. The standard InChI is InChI=1S/C10H11F3N2O3/c1-2-17-7(16)6-5-18-8(14-6)15-9(3-4-9)10(11,12)13/h5H,2-4H2,1H3,(H,14,15). The van der Waals surface area contributed by atoms with Gasteiger partial charge in [0.25, 0.3) is 6.01 Å². The second-order valence-electron chi connectivity index (χ2n) is 3.96. The van der Waals surface area contributed by atoms with Crippen LogP contribution in [-0.2, 0) is 4.74 Å². The summed E-state index contributed by atoms with van der Waals surface area (Å²) >= 11 is 0. The Morgan fingerprint density at radius 1 is 1.61 bits per heavy atom. The minimum absolute atomic E-state index is 0.0341. The van der Waals surface area contributed by atoms with Crippen molar-refractivity contribution in [2.75, 3.05) is 11.9 Å². The third kappa shape index (κ3) is 2.27. The molecule has 18 heavy (non-hydrogen) atoms. The number of hydrogen-bond acceptors (Lipinski definition) is 5. The van der Waals surface area contributed by atoms with Gasteiger partial charge in [0.15, 0.2) is 5.69 Å². The molecule has 1 heterocycles. The highest BCUT2D eigenvalue weighted by Crippen LogP contribution is 2.50. The first-order chi connectivity index (χ1) is 8.38. The molecule has 8 heteroatoms. The van der Waals surface area contributed by atoms with Crippen molar-refractivity contribution in [3.63, 3.8) is 0 Å². The molecule has 1 fully saturated rings. The van der Waals surface area contributed by atoms with Crippen LogP contribution >= 0.6 is 0 Å². The van der Waals surface area contributed by atoms with Gasteiger partial charge in [-0.2, -0.15) is 18.2 Å². The number of nitrogens with zero attached hydrogens (tertiary/aromatic N) is 1. The van der Waals surface area contributed by atoms with E-state index in [4.69, 9.17) is 4.42 Å². The van der Waals surface area contributed by atoms with E-state index < -0.39 is 17.7 Å². The highest BCUT2D eigenvalue weighted by atomic mass is 19.4. The average molecular weight is 264 g/mol. The zero-order valence-corrected chi connectivity index (χ0v) is 9.50. The van der Waals surface area contributed by atoms with Crippen LogP contribution in [-0.4, -0.2) is 29.3 Å². The smallest absolute Gasteiger partial charge is 0.411 e. The van der Waals surface area contributed by atoms with Gasteiger partial charge < -0.3 is 14.5 Å². The average Bonchev–Trinajstić information content (AvgIpc) is 2.89. The fourth-order valence-electron chi connectivity index (χ4n) is 1.44. The summed E-state index contributed by atoms with van der Waals surface area (Å²) in [6, 6.07) is -0.326. The molecule has 1 aliphatic carbocycles. The van der Waals surface area contributed by atoms with Crippen LogP contribution in [0.5, 0.6) is 0 Å². The SMILES string of the molecule is CCOC(=O)c1coc(NC2(C(F)(F)F)CC2)n1. The lowest BCUT2D eigenvalue weighted by Gasteiger charge is -2.19. The summed E-state index contributed by atoms with van der Waals surface area (Å²) in [6.45, 7) is 1.76. The molecule has 1 aromatic rings. The number of rotatable bonds is 4. The summed E-state index contributed by atoms with van der Waals surface area (Å²) in [4.78, 5) is 14.9. The number of carbonyl (C=O) groups is 1. The molecule has 5 nitrogen and oxygen atoms in total. The molecule has 0 radical (unpaired) electrons. The van der Waals surface area contributed by atoms with Crippen LogP contribution in [0.2, 0.25) is 0 Å². The molecule has 1 saturated carbocycles. The van der Waals surface area contributed by atoms with Crippen molar-refractivity contribution < 1.29 is 27.1 Å². The van der Waals surface area contributed by atoms with Crippen molar-refractivity contribution in [2.45, 2.75) is 31.5 Å². The summed E-state index contributed by atoms with van der Waals surface area (Å²) in [5.74, 6) is -0.730. The predicted octanol–water partition coefficient (Wildman–Crippen LogP) is 2.36. The Morgan fingerprint density at radius 2 is 2.28 bits per heavy atom. The molecule has 0 aromatic carbocycles. The number of nitrogens with one attached hydrogen (secondary N) is 1. The largest absolute Gasteiger partial charge is 0.461 e. The number of oxazole rings is 1. The lowest BCUT2D eigenvalue weighted by molar-refractivity contribution is -0.151. The van der Waals surface area contributed by atoms with Crippen molar-refractivity contribution >= 4 is 12.0 Å². The Kier molecular flexibility index (Phi) is 2.95. The van der Waals surface area contributed by atoms with Crippen molar-refractivity contribution in [1.29, 1.82) is 0 Å². The quantitative estimate of drug-likeness (QED) is 0.846.